The van der Waals surface area contributed by atoms with Crippen LogP contribution in [0.2, 0.25) is 0 Å². The first-order valence-electron chi connectivity index (χ1n) is 7.51. The van der Waals surface area contributed by atoms with E-state index in [4.69, 9.17) is 9.47 Å². The van der Waals surface area contributed by atoms with Crippen LogP contribution in [0.15, 0.2) is 36.4 Å². The smallest absolute Gasteiger partial charge is 0.345 e. The number of aryl methyl sites for hydroxylation is 3. The number of carbonyl (C=O) groups is 1. The Bertz CT molecular complexity index is 707. The van der Waals surface area contributed by atoms with Crippen LogP contribution in [0.5, 0.6) is 11.5 Å². The van der Waals surface area contributed by atoms with Gasteiger partial charge in [-0.3, -0.25) is 0 Å². The third kappa shape index (κ3) is 4.25. The lowest BCUT2D eigenvalue weighted by Crippen LogP contribution is -2.29. The van der Waals surface area contributed by atoms with Crippen molar-refractivity contribution in [3.05, 3.63) is 58.7 Å². The van der Waals surface area contributed by atoms with Crippen LogP contribution in [0.4, 0.5) is 0 Å². The SMILES string of the molecule is COc1ccc(C)cc1C[C@H](Oc1ccc(C)c(C)c1)C(=O)O. The lowest BCUT2D eigenvalue weighted by atomic mass is 10.0. The zero-order valence-corrected chi connectivity index (χ0v) is 13.9. The van der Waals surface area contributed by atoms with Crippen LogP contribution in [-0.4, -0.2) is 24.3 Å². The van der Waals surface area contributed by atoms with E-state index < -0.39 is 12.1 Å². The molecule has 0 radical (unpaired) electrons. The molecular formula is C19H22O4. The van der Waals surface area contributed by atoms with Crippen molar-refractivity contribution < 1.29 is 19.4 Å². The van der Waals surface area contributed by atoms with E-state index in [9.17, 15) is 9.90 Å². The highest BCUT2D eigenvalue weighted by Crippen LogP contribution is 2.24. The summed E-state index contributed by atoms with van der Waals surface area (Å²) in [5.41, 5.74) is 4.09. The molecule has 122 valence electrons. The summed E-state index contributed by atoms with van der Waals surface area (Å²) in [6, 6.07) is 11.3. The minimum absolute atomic E-state index is 0.243. The second kappa shape index (κ2) is 7.18. The predicted octanol–water partition coefficient (Wildman–Crippen LogP) is 3.70. The molecule has 0 saturated heterocycles. The number of carboxylic acid groups (broad SMARTS) is 1. The molecule has 0 unspecified atom stereocenters. The second-order valence-corrected chi connectivity index (χ2v) is 5.71. The van der Waals surface area contributed by atoms with Crippen molar-refractivity contribution in [1.82, 2.24) is 0 Å². The Morgan fingerprint density at radius 1 is 1.09 bits per heavy atom. The quantitative estimate of drug-likeness (QED) is 0.883. The van der Waals surface area contributed by atoms with E-state index in [2.05, 4.69) is 0 Å². The van der Waals surface area contributed by atoms with Crippen molar-refractivity contribution in [2.24, 2.45) is 0 Å². The fraction of sp³-hybridized carbons (Fsp3) is 0.316. The van der Waals surface area contributed by atoms with Gasteiger partial charge in [-0.05, 0) is 55.7 Å². The number of benzene rings is 2. The van der Waals surface area contributed by atoms with Crippen LogP contribution < -0.4 is 9.47 Å². The summed E-state index contributed by atoms with van der Waals surface area (Å²) >= 11 is 0. The first-order chi connectivity index (χ1) is 10.9. The third-order valence-corrected chi connectivity index (χ3v) is 3.87. The first-order valence-corrected chi connectivity index (χ1v) is 7.51. The van der Waals surface area contributed by atoms with Gasteiger partial charge in [-0.15, -0.1) is 0 Å². The molecule has 1 N–H and O–H groups in total. The van der Waals surface area contributed by atoms with Gasteiger partial charge in [0.05, 0.1) is 7.11 Å². The fourth-order valence-electron chi connectivity index (χ4n) is 2.40. The molecule has 0 aliphatic heterocycles. The average molecular weight is 314 g/mol. The lowest BCUT2D eigenvalue weighted by Gasteiger charge is -2.18. The van der Waals surface area contributed by atoms with Gasteiger partial charge >= 0.3 is 5.97 Å². The number of carboxylic acids is 1. The van der Waals surface area contributed by atoms with Crippen LogP contribution in [0.3, 0.4) is 0 Å². The standard InChI is InChI=1S/C19H22O4/c1-12-5-8-17(22-4)15(9-12)11-18(19(20)21)23-16-7-6-13(2)14(3)10-16/h5-10,18H,11H2,1-4H3,(H,20,21)/t18-/m0/s1. The van der Waals surface area contributed by atoms with Gasteiger partial charge in [0.25, 0.3) is 0 Å². The normalized spacial score (nSPS) is 11.8. The van der Waals surface area contributed by atoms with Gasteiger partial charge in [-0.25, -0.2) is 4.79 Å². The maximum absolute atomic E-state index is 11.6. The molecule has 0 aromatic heterocycles. The van der Waals surface area contributed by atoms with E-state index in [0.29, 0.717) is 11.5 Å². The van der Waals surface area contributed by atoms with Crippen LogP contribution in [0.1, 0.15) is 22.3 Å². The monoisotopic (exact) mass is 314 g/mol. The Kier molecular flexibility index (Phi) is 5.27. The molecule has 0 fully saturated rings. The molecular weight excluding hydrogens is 292 g/mol. The molecule has 2 aromatic carbocycles. The number of hydrogen-bond acceptors (Lipinski definition) is 3. The summed E-state index contributed by atoms with van der Waals surface area (Å²) < 4.78 is 11.0. The van der Waals surface area contributed by atoms with E-state index >= 15 is 0 Å². The van der Waals surface area contributed by atoms with Crippen molar-refractivity contribution in [2.45, 2.75) is 33.3 Å². The zero-order chi connectivity index (χ0) is 17.0. The number of hydrogen-bond donors (Lipinski definition) is 1. The van der Waals surface area contributed by atoms with Crippen LogP contribution in [-0.2, 0) is 11.2 Å². The van der Waals surface area contributed by atoms with E-state index in [-0.39, 0.29) is 6.42 Å². The van der Waals surface area contributed by atoms with Gasteiger partial charge in [-0.2, -0.15) is 0 Å². The largest absolute Gasteiger partial charge is 0.496 e. The predicted molar refractivity (Wildman–Crippen MR) is 89.4 cm³/mol. The fourth-order valence-corrected chi connectivity index (χ4v) is 2.40. The van der Waals surface area contributed by atoms with Crippen molar-refractivity contribution in [3.63, 3.8) is 0 Å². The van der Waals surface area contributed by atoms with Crippen LogP contribution >= 0.6 is 0 Å². The number of aliphatic carboxylic acids is 1. The van der Waals surface area contributed by atoms with Crippen molar-refractivity contribution in [1.29, 1.82) is 0 Å². The van der Waals surface area contributed by atoms with Crippen LogP contribution in [0.25, 0.3) is 0 Å². The van der Waals surface area contributed by atoms with Gasteiger partial charge in [-0.1, -0.05) is 23.8 Å². The van der Waals surface area contributed by atoms with Gasteiger partial charge < -0.3 is 14.6 Å². The average Bonchev–Trinajstić information content (AvgIpc) is 2.50. The Morgan fingerprint density at radius 2 is 1.83 bits per heavy atom. The van der Waals surface area contributed by atoms with Crippen molar-refractivity contribution in [3.8, 4) is 11.5 Å². The highest BCUT2D eigenvalue weighted by molar-refractivity contribution is 5.73. The van der Waals surface area contributed by atoms with E-state index in [1.807, 2.05) is 51.1 Å². The third-order valence-electron chi connectivity index (χ3n) is 3.87. The highest BCUT2D eigenvalue weighted by Gasteiger charge is 2.22. The van der Waals surface area contributed by atoms with Gasteiger partial charge in [0.2, 0.25) is 0 Å². The Morgan fingerprint density at radius 3 is 2.43 bits per heavy atom. The highest BCUT2D eigenvalue weighted by atomic mass is 16.5. The Balaban J connectivity index is 2.24. The molecule has 0 aliphatic rings. The Hall–Kier alpha value is -2.49. The lowest BCUT2D eigenvalue weighted by molar-refractivity contribution is -0.145. The van der Waals surface area contributed by atoms with Crippen molar-refractivity contribution >= 4 is 5.97 Å². The second-order valence-electron chi connectivity index (χ2n) is 5.71. The molecule has 4 nitrogen and oxygen atoms in total. The molecule has 0 heterocycles. The summed E-state index contributed by atoms with van der Waals surface area (Å²) in [7, 11) is 1.58. The molecule has 1 atom stereocenters. The molecule has 0 aliphatic carbocycles. The first kappa shape index (κ1) is 16.9. The summed E-state index contributed by atoms with van der Waals surface area (Å²) in [5, 5.41) is 9.49. The molecule has 2 aromatic rings. The number of methoxy groups -OCH3 is 1. The Labute approximate surface area is 136 Å². The summed E-state index contributed by atoms with van der Waals surface area (Å²) in [5.74, 6) is 0.240. The van der Waals surface area contributed by atoms with Crippen LogP contribution in [0, 0.1) is 20.8 Å². The molecule has 0 amide bonds. The number of ether oxygens (including phenoxy) is 2. The molecule has 0 saturated carbocycles. The molecule has 0 bridgehead atoms. The summed E-state index contributed by atoms with van der Waals surface area (Å²) in [4.78, 5) is 11.6. The van der Waals surface area contributed by atoms with E-state index in [1.54, 1.807) is 13.2 Å². The van der Waals surface area contributed by atoms with Crippen molar-refractivity contribution in [2.75, 3.05) is 7.11 Å². The topological polar surface area (TPSA) is 55.8 Å². The summed E-state index contributed by atoms with van der Waals surface area (Å²) in [6.07, 6.45) is -0.722. The molecule has 23 heavy (non-hydrogen) atoms. The minimum Gasteiger partial charge on any atom is -0.496 e. The van der Waals surface area contributed by atoms with Gasteiger partial charge in [0.1, 0.15) is 11.5 Å². The maximum atomic E-state index is 11.6. The van der Waals surface area contributed by atoms with E-state index in [0.717, 1.165) is 22.3 Å². The van der Waals surface area contributed by atoms with Gasteiger partial charge in [0, 0.05) is 6.42 Å². The zero-order valence-electron chi connectivity index (χ0n) is 13.9. The van der Waals surface area contributed by atoms with Gasteiger partial charge in [0.15, 0.2) is 6.10 Å². The number of rotatable bonds is 6. The molecule has 0 spiro atoms. The molecule has 4 heteroatoms. The summed E-state index contributed by atoms with van der Waals surface area (Å²) in [6.45, 7) is 5.94. The maximum Gasteiger partial charge on any atom is 0.345 e. The molecule has 2 rings (SSSR count). The van der Waals surface area contributed by atoms with E-state index in [1.165, 1.54) is 0 Å². The minimum atomic E-state index is -0.994.